The van der Waals surface area contributed by atoms with Crippen LogP contribution < -0.4 is 10.1 Å². The van der Waals surface area contributed by atoms with E-state index in [0.717, 1.165) is 11.1 Å². The van der Waals surface area contributed by atoms with Crippen molar-refractivity contribution >= 4 is 33.0 Å². The van der Waals surface area contributed by atoms with E-state index in [1.165, 1.54) is 12.1 Å². The number of carbonyl (C=O) groups excluding carboxylic acids is 1. The Morgan fingerprint density at radius 1 is 1.00 bits per heavy atom. The van der Waals surface area contributed by atoms with E-state index in [1.807, 2.05) is 18.2 Å². The fourth-order valence-electron chi connectivity index (χ4n) is 3.47. The van der Waals surface area contributed by atoms with E-state index in [1.54, 1.807) is 67.8 Å². The third-order valence-corrected chi connectivity index (χ3v) is 7.27. The van der Waals surface area contributed by atoms with Crippen molar-refractivity contribution < 1.29 is 17.9 Å². The van der Waals surface area contributed by atoms with Crippen LogP contribution in [0.2, 0.25) is 5.02 Å². The molecule has 0 unspecified atom stereocenters. The zero-order valence-electron chi connectivity index (χ0n) is 18.9. The summed E-state index contributed by atoms with van der Waals surface area (Å²) in [5, 5.41) is 3.43. The highest BCUT2D eigenvalue weighted by atomic mass is 35.5. The molecule has 6 nitrogen and oxygen atoms in total. The van der Waals surface area contributed by atoms with Gasteiger partial charge < -0.3 is 10.1 Å². The number of aromatic nitrogens is 1. The fraction of sp³-hybridized carbons (Fsp3) is 0.111. The molecule has 4 aromatic rings. The molecule has 1 heterocycles. The van der Waals surface area contributed by atoms with Gasteiger partial charge in [-0.1, -0.05) is 42.8 Å². The van der Waals surface area contributed by atoms with E-state index in [-0.39, 0.29) is 23.0 Å². The van der Waals surface area contributed by atoms with E-state index in [4.69, 9.17) is 16.3 Å². The van der Waals surface area contributed by atoms with Crippen LogP contribution in [0.4, 0.5) is 5.69 Å². The van der Waals surface area contributed by atoms with Crippen molar-refractivity contribution in [1.82, 2.24) is 4.98 Å². The molecule has 0 saturated carbocycles. The summed E-state index contributed by atoms with van der Waals surface area (Å²) in [5.74, 6) is 0.890. The van der Waals surface area contributed by atoms with Crippen LogP contribution in [-0.4, -0.2) is 25.1 Å². The Labute approximate surface area is 209 Å². The molecule has 3 aromatic carbocycles. The van der Waals surface area contributed by atoms with Gasteiger partial charge in [-0.3, -0.25) is 9.78 Å². The number of ether oxygens (including phenoxy) is 1. The van der Waals surface area contributed by atoms with Gasteiger partial charge in [0.15, 0.2) is 9.84 Å². The Bertz CT molecular complexity index is 1440. The summed E-state index contributed by atoms with van der Waals surface area (Å²) in [6.07, 6.45) is 3.53. The number of nitrogens with one attached hydrogen (secondary N) is 1. The lowest BCUT2D eigenvalue weighted by molar-refractivity contribution is -0.115. The van der Waals surface area contributed by atoms with Gasteiger partial charge in [-0.25, -0.2) is 8.42 Å². The zero-order valence-corrected chi connectivity index (χ0v) is 20.5. The zero-order chi connectivity index (χ0) is 24.8. The number of anilines is 1. The molecule has 0 fully saturated rings. The van der Waals surface area contributed by atoms with Gasteiger partial charge in [0.1, 0.15) is 11.5 Å². The highest BCUT2D eigenvalue weighted by molar-refractivity contribution is 7.91. The first kappa shape index (κ1) is 24.4. The predicted molar refractivity (Wildman–Crippen MR) is 138 cm³/mol. The SMILES string of the molecule is CCS(=O)(=O)c1ccc(CC(=O)Nc2ccc(-c3cccnc3)c(Oc3cccc(Cl)c3)c2)cc1. The normalized spacial score (nSPS) is 11.1. The smallest absolute Gasteiger partial charge is 0.228 e. The summed E-state index contributed by atoms with van der Waals surface area (Å²) in [6.45, 7) is 1.60. The molecule has 4 rings (SSSR count). The van der Waals surface area contributed by atoms with Gasteiger partial charge in [-0.05, 0) is 54.1 Å². The number of benzene rings is 3. The Hall–Kier alpha value is -3.68. The van der Waals surface area contributed by atoms with Gasteiger partial charge in [0.2, 0.25) is 5.91 Å². The molecule has 0 spiro atoms. The van der Waals surface area contributed by atoms with Crippen molar-refractivity contribution in [2.24, 2.45) is 0 Å². The molecule has 0 radical (unpaired) electrons. The molecule has 1 amide bonds. The number of nitrogens with zero attached hydrogens (tertiary/aromatic N) is 1. The Morgan fingerprint density at radius 3 is 2.49 bits per heavy atom. The predicted octanol–water partition coefficient (Wildman–Crippen LogP) is 6.17. The maximum absolute atomic E-state index is 12.7. The molecule has 1 N–H and O–H groups in total. The summed E-state index contributed by atoms with van der Waals surface area (Å²) in [6, 6.07) is 22.6. The minimum absolute atomic E-state index is 0.0292. The van der Waals surface area contributed by atoms with Crippen molar-refractivity contribution in [3.63, 3.8) is 0 Å². The number of pyridine rings is 1. The first-order chi connectivity index (χ1) is 16.8. The van der Waals surface area contributed by atoms with Gasteiger partial charge in [0, 0.05) is 40.3 Å². The third kappa shape index (κ3) is 6.26. The van der Waals surface area contributed by atoms with Gasteiger partial charge in [-0.15, -0.1) is 0 Å². The van der Waals surface area contributed by atoms with Crippen molar-refractivity contribution in [3.05, 3.63) is 102 Å². The minimum Gasteiger partial charge on any atom is -0.457 e. The highest BCUT2D eigenvalue weighted by Gasteiger charge is 2.14. The van der Waals surface area contributed by atoms with Crippen LogP contribution in [0.3, 0.4) is 0 Å². The highest BCUT2D eigenvalue weighted by Crippen LogP contribution is 2.36. The lowest BCUT2D eigenvalue weighted by atomic mass is 10.1. The number of hydrogen-bond donors (Lipinski definition) is 1. The molecule has 0 atom stereocenters. The number of hydrogen-bond acceptors (Lipinski definition) is 5. The molecular weight excluding hydrogens is 484 g/mol. The van der Waals surface area contributed by atoms with Crippen LogP contribution in [0, 0.1) is 0 Å². The summed E-state index contributed by atoms with van der Waals surface area (Å²) >= 11 is 6.11. The van der Waals surface area contributed by atoms with Crippen LogP contribution in [-0.2, 0) is 21.1 Å². The quantitative estimate of drug-likeness (QED) is 0.309. The molecule has 0 saturated heterocycles. The first-order valence-electron chi connectivity index (χ1n) is 10.9. The molecule has 0 aliphatic carbocycles. The lowest BCUT2D eigenvalue weighted by Gasteiger charge is -2.14. The van der Waals surface area contributed by atoms with Crippen molar-refractivity contribution in [3.8, 4) is 22.6 Å². The second-order valence-electron chi connectivity index (χ2n) is 7.78. The maximum Gasteiger partial charge on any atom is 0.228 e. The number of sulfone groups is 1. The molecular formula is C27H23ClN2O4S. The molecule has 1 aromatic heterocycles. The van der Waals surface area contributed by atoms with Crippen LogP contribution in [0.1, 0.15) is 12.5 Å². The minimum atomic E-state index is -3.28. The lowest BCUT2D eigenvalue weighted by Crippen LogP contribution is -2.14. The second-order valence-corrected chi connectivity index (χ2v) is 10.5. The number of carbonyl (C=O) groups is 1. The number of amides is 1. The van der Waals surface area contributed by atoms with Crippen molar-refractivity contribution in [2.45, 2.75) is 18.2 Å². The summed E-state index contributed by atoms with van der Waals surface area (Å²) in [5.41, 5.74) is 2.94. The molecule has 8 heteroatoms. The van der Waals surface area contributed by atoms with E-state index >= 15 is 0 Å². The van der Waals surface area contributed by atoms with Gasteiger partial charge >= 0.3 is 0 Å². The molecule has 178 valence electrons. The monoisotopic (exact) mass is 506 g/mol. The molecule has 35 heavy (non-hydrogen) atoms. The largest absolute Gasteiger partial charge is 0.457 e. The van der Waals surface area contributed by atoms with E-state index < -0.39 is 9.84 Å². The topological polar surface area (TPSA) is 85.4 Å². The van der Waals surface area contributed by atoms with Crippen molar-refractivity contribution in [1.29, 1.82) is 0 Å². The van der Waals surface area contributed by atoms with Crippen LogP contribution in [0.5, 0.6) is 11.5 Å². The average Bonchev–Trinajstić information content (AvgIpc) is 2.85. The Morgan fingerprint density at radius 2 is 1.80 bits per heavy atom. The number of rotatable bonds is 8. The van der Waals surface area contributed by atoms with Crippen LogP contribution >= 0.6 is 11.6 Å². The second kappa shape index (κ2) is 10.7. The van der Waals surface area contributed by atoms with E-state index in [0.29, 0.717) is 27.8 Å². The summed E-state index contributed by atoms with van der Waals surface area (Å²) < 4.78 is 30.1. The standard InChI is InChI=1S/C27H23ClN2O4S/c1-2-35(32,33)24-11-8-19(9-12-24)15-27(31)30-22-10-13-25(20-5-4-14-29-18-20)26(17-22)34-23-7-3-6-21(28)16-23/h3-14,16-18H,2,15H2,1H3,(H,30,31). The summed E-state index contributed by atoms with van der Waals surface area (Å²) in [4.78, 5) is 17.1. The Balaban J connectivity index is 1.55. The Kier molecular flexibility index (Phi) is 7.48. The van der Waals surface area contributed by atoms with Gasteiger partial charge in [-0.2, -0.15) is 0 Å². The first-order valence-corrected chi connectivity index (χ1v) is 13.0. The maximum atomic E-state index is 12.7. The van der Waals surface area contributed by atoms with Crippen molar-refractivity contribution in [2.75, 3.05) is 11.1 Å². The molecule has 0 bridgehead atoms. The number of halogens is 1. The van der Waals surface area contributed by atoms with E-state index in [2.05, 4.69) is 10.3 Å². The van der Waals surface area contributed by atoms with Crippen LogP contribution in [0.15, 0.2) is 96.2 Å². The molecule has 0 aliphatic rings. The van der Waals surface area contributed by atoms with Crippen LogP contribution in [0.25, 0.3) is 11.1 Å². The van der Waals surface area contributed by atoms with E-state index in [9.17, 15) is 13.2 Å². The third-order valence-electron chi connectivity index (χ3n) is 5.29. The fourth-order valence-corrected chi connectivity index (χ4v) is 4.54. The molecule has 0 aliphatic heterocycles. The average molecular weight is 507 g/mol. The summed E-state index contributed by atoms with van der Waals surface area (Å²) in [7, 11) is -3.28. The van der Waals surface area contributed by atoms with Gasteiger partial charge in [0.05, 0.1) is 17.1 Å². The van der Waals surface area contributed by atoms with Gasteiger partial charge in [0.25, 0.3) is 0 Å².